The fourth-order valence-electron chi connectivity index (χ4n) is 2.38. The van der Waals surface area contributed by atoms with Crippen LogP contribution in [0, 0.1) is 6.92 Å². The Kier molecular flexibility index (Phi) is 4.45. The molecular formula is C14H20N2O3S. The van der Waals surface area contributed by atoms with Crippen molar-refractivity contribution in [1.82, 2.24) is 9.62 Å². The average Bonchev–Trinajstić information content (AvgIpc) is 2.39. The molecule has 2 rings (SSSR count). The van der Waals surface area contributed by atoms with E-state index >= 15 is 0 Å². The summed E-state index contributed by atoms with van der Waals surface area (Å²) in [5, 5.41) is 0. The van der Waals surface area contributed by atoms with Crippen LogP contribution in [0.25, 0.3) is 0 Å². The summed E-state index contributed by atoms with van der Waals surface area (Å²) in [6.07, 6.45) is 1.31. The van der Waals surface area contributed by atoms with Gasteiger partial charge in [0.05, 0.1) is 4.90 Å². The van der Waals surface area contributed by atoms with Gasteiger partial charge < -0.3 is 4.90 Å². The monoisotopic (exact) mass is 296 g/mol. The third-order valence-corrected chi connectivity index (χ3v) is 5.08. The predicted molar refractivity (Wildman–Crippen MR) is 76.8 cm³/mol. The third kappa shape index (κ3) is 3.58. The Morgan fingerprint density at radius 1 is 1.30 bits per heavy atom. The fourth-order valence-corrected chi connectivity index (χ4v) is 3.79. The van der Waals surface area contributed by atoms with E-state index in [2.05, 4.69) is 4.72 Å². The molecule has 1 aliphatic heterocycles. The highest BCUT2D eigenvalue weighted by Crippen LogP contribution is 2.16. The highest BCUT2D eigenvalue weighted by molar-refractivity contribution is 7.89. The number of hydrogen-bond donors (Lipinski definition) is 1. The van der Waals surface area contributed by atoms with Crippen molar-refractivity contribution < 1.29 is 13.2 Å². The second-order valence-corrected chi connectivity index (χ2v) is 6.93. The van der Waals surface area contributed by atoms with Gasteiger partial charge in [0.1, 0.15) is 0 Å². The number of nitrogens with zero attached hydrogens (tertiary/aromatic N) is 1. The number of piperidine rings is 1. The number of nitrogens with one attached hydrogen (secondary N) is 1. The lowest BCUT2D eigenvalue weighted by Crippen LogP contribution is -2.45. The van der Waals surface area contributed by atoms with Crippen molar-refractivity contribution in [3.8, 4) is 0 Å². The van der Waals surface area contributed by atoms with Crippen molar-refractivity contribution in [3.63, 3.8) is 0 Å². The van der Waals surface area contributed by atoms with Crippen LogP contribution in [0.3, 0.4) is 0 Å². The van der Waals surface area contributed by atoms with E-state index in [1.165, 1.54) is 6.92 Å². The molecule has 1 fully saturated rings. The number of hydrogen-bond acceptors (Lipinski definition) is 3. The highest BCUT2D eigenvalue weighted by atomic mass is 32.2. The maximum absolute atomic E-state index is 12.3. The van der Waals surface area contributed by atoms with Crippen molar-refractivity contribution in [2.75, 3.05) is 13.1 Å². The number of benzene rings is 1. The lowest BCUT2D eigenvalue weighted by Gasteiger charge is -2.31. The van der Waals surface area contributed by atoms with Gasteiger partial charge in [-0.05, 0) is 37.5 Å². The Bertz CT molecular complexity index is 590. The maximum atomic E-state index is 12.3. The number of carbonyl (C=O) groups is 1. The molecule has 1 aromatic carbocycles. The zero-order chi connectivity index (χ0) is 14.8. The van der Waals surface area contributed by atoms with Crippen LogP contribution in [0.5, 0.6) is 0 Å². The summed E-state index contributed by atoms with van der Waals surface area (Å²) < 4.78 is 27.3. The number of carbonyl (C=O) groups excluding carboxylic acids is 1. The normalized spacial score (nSPS) is 17.2. The molecule has 110 valence electrons. The van der Waals surface area contributed by atoms with Gasteiger partial charge in [-0.15, -0.1) is 0 Å². The molecule has 1 N–H and O–H groups in total. The van der Waals surface area contributed by atoms with Crippen LogP contribution in [-0.4, -0.2) is 38.4 Å². The minimum absolute atomic E-state index is 0.0463. The Morgan fingerprint density at radius 3 is 2.50 bits per heavy atom. The van der Waals surface area contributed by atoms with E-state index in [9.17, 15) is 13.2 Å². The first-order valence-electron chi connectivity index (χ1n) is 6.73. The number of aryl methyl sites for hydroxylation is 1. The first-order valence-corrected chi connectivity index (χ1v) is 8.21. The molecule has 0 saturated carbocycles. The van der Waals surface area contributed by atoms with Crippen LogP contribution in [0.2, 0.25) is 0 Å². The lowest BCUT2D eigenvalue weighted by molar-refractivity contribution is -0.129. The SMILES string of the molecule is CC(=O)N1CCC(NS(=O)(=O)c2cccc(C)c2)CC1. The summed E-state index contributed by atoms with van der Waals surface area (Å²) in [6, 6.07) is 6.76. The van der Waals surface area contributed by atoms with Crippen molar-refractivity contribution in [1.29, 1.82) is 0 Å². The van der Waals surface area contributed by atoms with Crippen LogP contribution < -0.4 is 4.72 Å². The Balaban J connectivity index is 2.02. The van der Waals surface area contributed by atoms with Crippen molar-refractivity contribution in [3.05, 3.63) is 29.8 Å². The van der Waals surface area contributed by atoms with Gasteiger partial charge in [-0.1, -0.05) is 12.1 Å². The van der Waals surface area contributed by atoms with Gasteiger partial charge in [-0.25, -0.2) is 13.1 Å². The molecule has 0 bridgehead atoms. The largest absolute Gasteiger partial charge is 0.343 e. The number of sulfonamides is 1. The fraction of sp³-hybridized carbons (Fsp3) is 0.500. The second kappa shape index (κ2) is 5.93. The van der Waals surface area contributed by atoms with E-state index in [0.29, 0.717) is 30.8 Å². The van der Waals surface area contributed by atoms with Crippen molar-refractivity contribution in [2.24, 2.45) is 0 Å². The van der Waals surface area contributed by atoms with Gasteiger partial charge in [0, 0.05) is 26.1 Å². The van der Waals surface area contributed by atoms with E-state index in [-0.39, 0.29) is 11.9 Å². The standard InChI is InChI=1S/C14H20N2O3S/c1-11-4-3-5-14(10-11)20(18,19)15-13-6-8-16(9-7-13)12(2)17/h3-5,10,13,15H,6-9H2,1-2H3. The van der Waals surface area contributed by atoms with Crippen LogP contribution in [0.1, 0.15) is 25.3 Å². The second-order valence-electron chi connectivity index (χ2n) is 5.22. The van der Waals surface area contributed by atoms with Gasteiger partial charge in [0.25, 0.3) is 0 Å². The van der Waals surface area contributed by atoms with Gasteiger partial charge in [-0.3, -0.25) is 4.79 Å². The third-order valence-electron chi connectivity index (χ3n) is 3.56. The molecule has 0 unspecified atom stereocenters. The van der Waals surface area contributed by atoms with Gasteiger partial charge in [0.15, 0.2) is 0 Å². The molecule has 0 aliphatic carbocycles. The molecule has 5 nitrogen and oxygen atoms in total. The minimum Gasteiger partial charge on any atom is -0.343 e. The summed E-state index contributed by atoms with van der Waals surface area (Å²) in [5.74, 6) is 0.0463. The first kappa shape index (κ1) is 15.0. The van der Waals surface area contributed by atoms with Gasteiger partial charge >= 0.3 is 0 Å². The highest BCUT2D eigenvalue weighted by Gasteiger charge is 2.25. The molecule has 6 heteroatoms. The summed E-state index contributed by atoms with van der Waals surface area (Å²) >= 11 is 0. The molecule has 0 radical (unpaired) electrons. The quantitative estimate of drug-likeness (QED) is 0.914. The van der Waals surface area contributed by atoms with Crippen LogP contribution >= 0.6 is 0 Å². The van der Waals surface area contributed by atoms with E-state index in [0.717, 1.165) is 5.56 Å². The number of likely N-dealkylation sites (tertiary alicyclic amines) is 1. The lowest BCUT2D eigenvalue weighted by atomic mass is 10.1. The molecule has 1 aliphatic rings. The molecule has 1 amide bonds. The first-order chi connectivity index (χ1) is 9.38. The molecule has 0 spiro atoms. The van der Waals surface area contributed by atoms with E-state index < -0.39 is 10.0 Å². The maximum Gasteiger partial charge on any atom is 0.240 e. The van der Waals surface area contributed by atoms with Gasteiger partial charge in [-0.2, -0.15) is 0 Å². The van der Waals surface area contributed by atoms with Crippen molar-refractivity contribution >= 4 is 15.9 Å². The molecule has 1 saturated heterocycles. The Morgan fingerprint density at radius 2 is 1.95 bits per heavy atom. The van der Waals surface area contributed by atoms with E-state index in [1.54, 1.807) is 23.1 Å². The zero-order valence-electron chi connectivity index (χ0n) is 11.8. The molecule has 1 aromatic rings. The molecular weight excluding hydrogens is 276 g/mol. The molecule has 1 heterocycles. The van der Waals surface area contributed by atoms with Crippen molar-refractivity contribution in [2.45, 2.75) is 37.6 Å². The minimum atomic E-state index is -3.47. The Labute approximate surface area is 120 Å². The van der Waals surface area contributed by atoms with Crippen LogP contribution in [0.4, 0.5) is 0 Å². The van der Waals surface area contributed by atoms with Crippen LogP contribution in [-0.2, 0) is 14.8 Å². The molecule has 20 heavy (non-hydrogen) atoms. The summed E-state index contributed by atoms with van der Waals surface area (Å²) in [5.41, 5.74) is 0.916. The zero-order valence-corrected chi connectivity index (χ0v) is 12.6. The summed E-state index contributed by atoms with van der Waals surface area (Å²) in [6.45, 7) is 4.62. The van der Waals surface area contributed by atoms with Crippen LogP contribution in [0.15, 0.2) is 29.2 Å². The smallest absolute Gasteiger partial charge is 0.240 e. The van der Waals surface area contributed by atoms with E-state index in [4.69, 9.17) is 0 Å². The van der Waals surface area contributed by atoms with E-state index in [1.807, 2.05) is 13.0 Å². The molecule has 0 aromatic heterocycles. The number of amides is 1. The summed E-state index contributed by atoms with van der Waals surface area (Å²) in [7, 11) is -3.47. The molecule has 0 atom stereocenters. The van der Waals surface area contributed by atoms with Gasteiger partial charge in [0.2, 0.25) is 15.9 Å². The predicted octanol–water partition coefficient (Wildman–Crippen LogP) is 1.28. The Hall–Kier alpha value is -1.40. The average molecular weight is 296 g/mol. The summed E-state index contributed by atoms with van der Waals surface area (Å²) in [4.78, 5) is 13.3. The number of rotatable bonds is 3. The topological polar surface area (TPSA) is 66.5 Å².